The van der Waals surface area contributed by atoms with Gasteiger partial charge in [0.2, 0.25) is 0 Å². The summed E-state index contributed by atoms with van der Waals surface area (Å²) in [7, 11) is 3.63. The average Bonchev–Trinajstić information content (AvgIpc) is 2.93. The van der Waals surface area contributed by atoms with Crippen LogP contribution in [0.25, 0.3) is 0 Å². The van der Waals surface area contributed by atoms with Crippen molar-refractivity contribution in [3.05, 3.63) is 36.2 Å². The van der Waals surface area contributed by atoms with E-state index in [0.29, 0.717) is 0 Å². The number of benzene rings is 1. The Morgan fingerprint density at radius 3 is 2.94 bits per heavy atom. The second kappa shape index (κ2) is 6.42. The fraction of sp³-hybridized carbons (Fsp3) is 0.333. The van der Waals surface area contributed by atoms with Crippen molar-refractivity contribution in [3.63, 3.8) is 0 Å². The Morgan fingerprint density at radius 1 is 1.44 bits per heavy atom. The molecule has 0 aliphatic heterocycles. The molecule has 0 bridgehead atoms. The van der Waals surface area contributed by atoms with Gasteiger partial charge in [0.15, 0.2) is 5.16 Å². The molecule has 5 nitrogen and oxygen atoms in total. The molecule has 2 rings (SSSR count). The lowest BCUT2D eigenvalue weighted by Crippen LogP contribution is -2.19. The average molecular weight is 264 g/mol. The predicted octanol–water partition coefficient (Wildman–Crippen LogP) is 1.87. The van der Waals surface area contributed by atoms with Crippen LogP contribution in [0.5, 0.6) is 5.75 Å². The van der Waals surface area contributed by atoms with E-state index in [-0.39, 0.29) is 6.04 Å². The lowest BCUT2D eigenvalue weighted by Gasteiger charge is -2.18. The highest BCUT2D eigenvalue weighted by molar-refractivity contribution is 7.99. The molecule has 18 heavy (non-hydrogen) atoms. The minimum atomic E-state index is 0.205. The zero-order chi connectivity index (χ0) is 12.8. The minimum absolute atomic E-state index is 0.205. The monoisotopic (exact) mass is 264 g/mol. The summed E-state index contributed by atoms with van der Waals surface area (Å²) in [5.74, 6) is 1.75. The fourth-order valence-corrected chi connectivity index (χ4v) is 2.62. The predicted molar refractivity (Wildman–Crippen MR) is 71.9 cm³/mol. The number of hydrogen-bond acceptors (Lipinski definition) is 5. The van der Waals surface area contributed by atoms with Gasteiger partial charge >= 0.3 is 0 Å². The standard InChI is InChI=1S/C12H16N4OS/c1-13-10(7-18-12-14-8-15-16-12)9-5-3-4-6-11(9)17-2/h3-6,8,10,13H,7H2,1-2H3,(H,14,15,16). The van der Waals surface area contributed by atoms with Gasteiger partial charge in [-0.2, -0.15) is 5.10 Å². The van der Waals surface area contributed by atoms with Crippen molar-refractivity contribution in [2.24, 2.45) is 0 Å². The minimum Gasteiger partial charge on any atom is -0.496 e. The molecule has 0 aliphatic rings. The quantitative estimate of drug-likeness (QED) is 0.780. The van der Waals surface area contributed by atoms with Gasteiger partial charge in [-0.25, -0.2) is 4.98 Å². The Hall–Kier alpha value is -1.53. The fourth-order valence-electron chi connectivity index (χ4n) is 1.71. The molecule has 0 fully saturated rings. The van der Waals surface area contributed by atoms with Crippen molar-refractivity contribution in [1.29, 1.82) is 0 Å². The molecule has 0 aliphatic carbocycles. The molecule has 0 spiro atoms. The number of aromatic nitrogens is 3. The van der Waals surface area contributed by atoms with Crippen LogP contribution in [-0.4, -0.2) is 35.1 Å². The van der Waals surface area contributed by atoms with Crippen molar-refractivity contribution < 1.29 is 4.74 Å². The number of nitrogens with one attached hydrogen (secondary N) is 2. The summed E-state index contributed by atoms with van der Waals surface area (Å²) in [5, 5.41) is 10.8. The maximum atomic E-state index is 5.38. The molecule has 6 heteroatoms. The molecule has 2 aromatic rings. The van der Waals surface area contributed by atoms with E-state index < -0.39 is 0 Å². The number of ether oxygens (including phenoxy) is 1. The van der Waals surface area contributed by atoms with E-state index in [1.807, 2.05) is 25.2 Å². The van der Waals surface area contributed by atoms with Gasteiger partial charge in [0.25, 0.3) is 0 Å². The Morgan fingerprint density at radius 2 is 2.28 bits per heavy atom. The number of H-pyrrole nitrogens is 1. The van der Waals surface area contributed by atoms with Crippen molar-refractivity contribution in [2.75, 3.05) is 19.9 Å². The van der Waals surface area contributed by atoms with Crippen LogP contribution in [0.1, 0.15) is 11.6 Å². The molecule has 1 aromatic heterocycles. The highest BCUT2D eigenvalue weighted by atomic mass is 32.2. The largest absolute Gasteiger partial charge is 0.496 e. The third-order valence-corrected chi connectivity index (χ3v) is 3.61. The summed E-state index contributed by atoms with van der Waals surface area (Å²) in [6.07, 6.45) is 1.51. The van der Waals surface area contributed by atoms with E-state index in [1.165, 1.54) is 6.33 Å². The summed E-state index contributed by atoms with van der Waals surface area (Å²) in [5.41, 5.74) is 1.15. The van der Waals surface area contributed by atoms with Gasteiger partial charge in [0, 0.05) is 17.4 Å². The molecule has 96 valence electrons. The van der Waals surface area contributed by atoms with Gasteiger partial charge < -0.3 is 10.1 Å². The van der Waals surface area contributed by atoms with Crippen LogP contribution in [0.2, 0.25) is 0 Å². The third kappa shape index (κ3) is 3.02. The van der Waals surface area contributed by atoms with Gasteiger partial charge in [-0.1, -0.05) is 30.0 Å². The highest BCUT2D eigenvalue weighted by Crippen LogP contribution is 2.28. The van der Waals surface area contributed by atoms with E-state index in [1.54, 1.807) is 18.9 Å². The van der Waals surface area contributed by atoms with Crippen molar-refractivity contribution in [3.8, 4) is 5.75 Å². The smallest absolute Gasteiger partial charge is 0.183 e. The molecule has 1 heterocycles. The van der Waals surface area contributed by atoms with Crippen LogP contribution in [0.4, 0.5) is 0 Å². The molecule has 0 amide bonds. The number of aromatic amines is 1. The Labute approximate surface area is 110 Å². The first-order chi connectivity index (χ1) is 8.85. The Kier molecular flexibility index (Phi) is 4.60. The van der Waals surface area contributed by atoms with E-state index in [9.17, 15) is 0 Å². The maximum Gasteiger partial charge on any atom is 0.183 e. The summed E-state index contributed by atoms with van der Waals surface area (Å²) in [4.78, 5) is 4.10. The molecule has 1 aromatic carbocycles. The lowest BCUT2D eigenvalue weighted by atomic mass is 10.1. The molecular formula is C12H16N4OS. The number of methoxy groups -OCH3 is 1. The van der Waals surface area contributed by atoms with E-state index >= 15 is 0 Å². The van der Waals surface area contributed by atoms with Gasteiger partial charge in [0.05, 0.1) is 7.11 Å². The van der Waals surface area contributed by atoms with Crippen molar-refractivity contribution >= 4 is 11.8 Å². The van der Waals surface area contributed by atoms with E-state index in [4.69, 9.17) is 4.74 Å². The number of para-hydroxylation sites is 1. The second-order valence-corrected chi connectivity index (χ2v) is 4.69. The number of hydrogen-bond donors (Lipinski definition) is 2. The first kappa shape index (κ1) is 12.9. The van der Waals surface area contributed by atoms with E-state index in [0.717, 1.165) is 22.2 Å². The summed E-state index contributed by atoms with van der Waals surface area (Å²) in [6.45, 7) is 0. The molecule has 0 saturated heterocycles. The first-order valence-electron chi connectivity index (χ1n) is 5.63. The molecule has 2 N–H and O–H groups in total. The van der Waals surface area contributed by atoms with Gasteiger partial charge in [-0.3, -0.25) is 5.10 Å². The van der Waals surface area contributed by atoms with Crippen molar-refractivity contribution in [2.45, 2.75) is 11.2 Å². The van der Waals surface area contributed by atoms with E-state index in [2.05, 4.69) is 26.6 Å². The third-order valence-electron chi connectivity index (χ3n) is 2.64. The summed E-state index contributed by atoms with van der Waals surface area (Å²) < 4.78 is 5.38. The maximum absolute atomic E-state index is 5.38. The topological polar surface area (TPSA) is 62.8 Å². The molecule has 1 atom stereocenters. The Bertz CT molecular complexity index is 475. The first-order valence-corrected chi connectivity index (χ1v) is 6.62. The van der Waals surface area contributed by atoms with Crippen LogP contribution in [0, 0.1) is 0 Å². The van der Waals surface area contributed by atoms with Crippen molar-refractivity contribution in [1.82, 2.24) is 20.5 Å². The molecule has 0 saturated carbocycles. The Balaban J connectivity index is 2.08. The van der Waals surface area contributed by atoms with Gasteiger partial charge in [-0.15, -0.1) is 0 Å². The number of thioether (sulfide) groups is 1. The second-order valence-electron chi connectivity index (χ2n) is 3.68. The lowest BCUT2D eigenvalue weighted by molar-refractivity contribution is 0.404. The van der Waals surface area contributed by atoms with Crippen LogP contribution in [0.3, 0.4) is 0 Å². The number of nitrogens with zero attached hydrogens (tertiary/aromatic N) is 2. The summed E-state index contributed by atoms with van der Waals surface area (Å²) >= 11 is 1.63. The van der Waals surface area contributed by atoms with Gasteiger partial charge in [0.1, 0.15) is 12.1 Å². The number of rotatable bonds is 6. The van der Waals surface area contributed by atoms with Crippen LogP contribution >= 0.6 is 11.8 Å². The van der Waals surface area contributed by atoms with Crippen LogP contribution in [0.15, 0.2) is 35.7 Å². The zero-order valence-electron chi connectivity index (χ0n) is 10.4. The van der Waals surface area contributed by atoms with Crippen LogP contribution in [-0.2, 0) is 0 Å². The zero-order valence-corrected chi connectivity index (χ0v) is 11.2. The summed E-state index contributed by atoms with van der Waals surface area (Å²) in [6, 6.07) is 8.23. The normalized spacial score (nSPS) is 12.3. The highest BCUT2D eigenvalue weighted by Gasteiger charge is 2.14. The molecule has 1 unspecified atom stereocenters. The van der Waals surface area contributed by atoms with Crippen LogP contribution < -0.4 is 10.1 Å². The molecular weight excluding hydrogens is 248 g/mol. The molecule has 0 radical (unpaired) electrons. The SMILES string of the molecule is CNC(CSc1ncn[nH]1)c1ccccc1OC. The van der Waals surface area contributed by atoms with Gasteiger partial charge in [-0.05, 0) is 13.1 Å².